The van der Waals surface area contributed by atoms with Gasteiger partial charge in [-0.3, -0.25) is 0 Å². The van der Waals surface area contributed by atoms with Crippen LogP contribution in [-0.4, -0.2) is 39.7 Å². The van der Waals surface area contributed by atoms with Crippen LogP contribution in [0.3, 0.4) is 0 Å². The average molecular weight is 237 g/mol. The van der Waals surface area contributed by atoms with Gasteiger partial charge in [-0.25, -0.2) is 8.42 Å². The Kier molecular flexibility index (Phi) is 9.04. The number of ether oxygens (including phenoxy) is 1. The second-order valence-corrected chi connectivity index (χ2v) is 5.92. The summed E-state index contributed by atoms with van der Waals surface area (Å²) in [5.41, 5.74) is 5.22. The Hall–Kier alpha value is -0.130. The van der Waals surface area contributed by atoms with Gasteiger partial charge in [0.2, 0.25) is 0 Å². The zero-order valence-electron chi connectivity index (χ0n) is 9.57. The summed E-state index contributed by atoms with van der Waals surface area (Å²) in [6.45, 7) is 3.25. The van der Waals surface area contributed by atoms with E-state index >= 15 is 0 Å². The fourth-order valence-corrected chi connectivity index (χ4v) is 2.44. The molecule has 0 fully saturated rings. The summed E-state index contributed by atoms with van der Waals surface area (Å²) in [7, 11) is -2.91. The van der Waals surface area contributed by atoms with Crippen LogP contribution in [0.25, 0.3) is 0 Å². The molecule has 92 valence electrons. The van der Waals surface area contributed by atoms with Gasteiger partial charge in [0.15, 0.2) is 9.84 Å². The molecule has 0 aliphatic carbocycles. The standard InChI is InChI=1S/C10H23NO3S/c1-2-3-4-5-9-15(12,13)10-8-14-7-6-11/h2-11H2,1H3. The van der Waals surface area contributed by atoms with E-state index in [0.717, 1.165) is 25.7 Å². The van der Waals surface area contributed by atoms with E-state index in [-0.39, 0.29) is 12.4 Å². The lowest BCUT2D eigenvalue weighted by Gasteiger charge is -2.04. The van der Waals surface area contributed by atoms with Gasteiger partial charge in [0.1, 0.15) is 0 Å². The van der Waals surface area contributed by atoms with E-state index in [2.05, 4.69) is 6.92 Å². The summed E-state index contributed by atoms with van der Waals surface area (Å²) in [5, 5.41) is 0. The molecular weight excluding hydrogens is 214 g/mol. The maximum atomic E-state index is 11.4. The van der Waals surface area contributed by atoms with Crippen molar-refractivity contribution in [1.82, 2.24) is 0 Å². The summed E-state index contributed by atoms with van der Waals surface area (Å²) >= 11 is 0. The summed E-state index contributed by atoms with van der Waals surface area (Å²) in [6.07, 6.45) is 4.01. The van der Waals surface area contributed by atoms with Gasteiger partial charge in [-0.2, -0.15) is 0 Å². The van der Waals surface area contributed by atoms with Gasteiger partial charge in [0.05, 0.1) is 24.7 Å². The zero-order valence-corrected chi connectivity index (χ0v) is 10.4. The third-order valence-corrected chi connectivity index (χ3v) is 3.81. The minimum Gasteiger partial charge on any atom is -0.379 e. The lowest BCUT2D eigenvalue weighted by atomic mass is 10.2. The molecule has 0 saturated carbocycles. The van der Waals surface area contributed by atoms with Crippen molar-refractivity contribution in [2.45, 2.75) is 32.6 Å². The molecule has 0 aromatic heterocycles. The van der Waals surface area contributed by atoms with E-state index < -0.39 is 9.84 Å². The highest BCUT2D eigenvalue weighted by Crippen LogP contribution is 2.02. The van der Waals surface area contributed by atoms with Crippen LogP contribution < -0.4 is 5.73 Å². The Balaban J connectivity index is 3.50. The lowest BCUT2D eigenvalue weighted by Crippen LogP contribution is -2.18. The van der Waals surface area contributed by atoms with Crippen LogP contribution in [0.4, 0.5) is 0 Å². The number of unbranched alkanes of at least 4 members (excludes halogenated alkanes) is 3. The second kappa shape index (κ2) is 9.12. The second-order valence-electron chi connectivity index (χ2n) is 3.61. The molecule has 0 aromatic rings. The van der Waals surface area contributed by atoms with Crippen molar-refractivity contribution >= 4 is 9.84 Å². The van der Waals surface area contributed by atoms with Gasteiger partial charge in [0.25, 0.3) is 0 Å². The number of sulfone groups is 1. The van der Waals surface area contributed by atoms with Gasteiger partial charge in [0, 0.05) is 6.54 Å². The Morgan fingerprint density at radius 2 is 1.80 bits per heavy atom. The van der Waals surface area contributed by atoms with Crippen LogP contribution in [0.2, 0.25) is 0 Å². The maximum Gasteiger partial charge on any atom is 0.152 e. The number of hydrogen-bond acceptors (Lipinski definition) is 4. The third-order valence-electron chi connectivity index (χ3n) is 2.11. The van der Waals surface area contributed by atoms with E-state index in [1.54, 1.807) is 0 Å². The van der Waals surface area contributed by atoms with Crippen LogP contribution in [0.15, 0.2) is 0 Å². The van der Waals surface area contributed by atoms with Crippen LogP contribution in [0.5, 0.6) is 0 Å². The van der Waals surface area contributed by atoms with E-state index in [4.69, 9.17) is 10.5 Å². The third kappa shape index (κ3) is 10.2. The van der Waals surface area contributed by atoms with Crippen LogP contribution in [0.1, 0.15) is 32.6 Å². The van der Waals surface area contributed by atoms with Gasteiger partial charge in [-0.05, 0) is 6.42 Å². The molecule has 0 radical (unpaired) electrons. The monoisotopic (exact) mass is 237 g/mol. The largest absolute Gasteiger partial charge is 0.379 e. The smallest absolute Gasteiger partial charge is 0.152 e. The summed E-state index contributed by atoms with van der Waals surface area (Å²) < 4.78 is 27.9. The van der Waals surface area contributed by atoms with E-state index in [9.17, 15) is 8.42 Å². The Bertz CT molecular complexity index is 209. The highest BCUT2D eigenvalue weighted by molar-refractivity contribution is 7.91. The van der Waals surface area contributed by atoms with E-state index in [1.165, 1.54) is 0 Å². The predicted octanol–water partition coefficient (Wildman–Crippen LogP) is 0.957. The highest BCUT2D eigenvalue weighted by atomic mass is 32.2. The summed E-state index contributed by atoms with van der Waals surface area (Å²) in [5.74, 6) is 0.415. The molecule has 0 atom stereocenters. The average Bonchev–Trinajstić information content (AvgIpc) is 2.20. The normalized spacial score (nSPS) is 11.9. The first kappa shape index (κ1) is 14.9. The van der Waals surface area contributed by atoms with Gasteiger partial charge in [-0.15, -0.1) is 0 Å². The van der Waals surface area contributed by atoms with Crippen molar-refractivity contribution in [2.75, 3.05) is 31.3 Å². The fourth-order valence-electron chi connectivity index (χ4n) is 1.22. The molecular formula is C10H23NO3S. The van der Waals surface area contributed by atoms with Crippen molar-refractivity contribution < 1.29 is 13.2 Å². The summed E-state index contributed by atoms with van der Waals surface area (Å²) in [6, 6.07) is 0. The molecule has 0 saturated heterocycles. The Morgan fingerprint density at radius 3 is 2.40 bits per heavy atom. The quantitative estimate of drug-likeness (QED) is 0.574. The van der Waals surface area contributed by atoms with Gasteiger partial charge in [-0.1, -0.05) is 26.2 Å². The predicted molar refractivity (Wildman–Crippen MR) is 62.7 cm³/mol. The fraction of sp³-hybridized carbons (Fsp3) is 1.00. The molecule has 0 amide bonds. The molecule has 0 aliphatic rings. The molecule has 0 spiro atoms. The van der Waals surface area contributed by atoms with Crippen molar-refractivity contribution in [3.05, 3.63) is 0 Å². The molecule has 5 heteroatoms. The molecule has 0 aliphatic heterocycles. The van der Waals surface area contributed by atoms with Gasteiger partial charge >= 0.3 is 0 Å². The molecule has 4 nitrogen and oxygen atoms in total. The molecule has 0 aromatic carbocycles. The molecule has 0 rings (SSSR count). The van der Waals surface area contributed by atoms with E-state index in [0.29, 0.717) is 18.9 Å². The maximum absolute atomic E-state index is 11.4. The molecule has 0 heterocycles. The van der Waals surface area contributed by atoms with Crippen LogP contribution >= 0.6 is 0 Å². The minimum absolute atomic E-state index is 0.124. The van der Waals surface area contributed by atoms with E-state index in [1.807, 2.05) is 0 Å². The van der Waals surface area contributed by atoms with Crippen molar-refractivity contribution in [2.24, 2.45) is 5.73 Å². The van der Waals surface area contributed by atoms with Crippen molar-refractivity contribution in [3.63, 3.8) is 0 Å². The first-order valence-electron chi connectivity index (χ1n) is 5.60. The Morgan fingerprint density at radius 1 is 1.07 bits per heavy atom. The van der Waals surface area contributed by atoms with Crippen LogP contribution in [0, 0.1) is 0 Å². The number of rotatable bonds is 10. The molecule has 0 unspecified atom stereocenters. The number of hydrogen-bond donors (Lipinski definition) is 1. The SMILES string of the molecule is CCCCCCS(=O)(=O)CCOCCN. The Labute approximate surface area is 93.1 Å². The van der Waals surface area contributed by atoms with Crippen LogP contribution in [-0.2, 0) is 14.6 Å². The molecule has 0 bridgehead atoms. The zero-order chi connectivity index (χ0) is 11.6. The lowest BCUT2D eigenvalue weighted by molar-refractivity contribution is 0.157. The minimum atomic E-state index is -2.91. The van der Waals surface area contributed by atoms with Crippen molar-refractivity contribution in [1.29, 1.82) is 0 Å². The number of nitrogens with two attached hydrogens (primary N) is 1. The first-order valence-corrected chi connectivity index (χ1v) is 7.42. The molecule has 2 N–H and O–H groups in total. The topological polar surface area (TPSA) is 69.4 Å². The first-order chi connectivity index (χ1) is 7.12. The molecule has 15 heavy (non-hydrogen) atoms. The van der Waals surface area contributed by atoms with Gasteiger partial charge < -0.3 is 10.5 Å². The highest BCUT2D eigenvalue weighted by Gasteiger charge is 2.09. The van der Waals surface area contributed by atoms with Crippen molar-refractivity contribution in [3.8, 4) is 0 Å². The summed E-state index contributed by atoms with van der Waals surface area (Å²) in [4.78, 5) is 0.